The molecule has 3 aromatic rings. The summed E-state index contributed by atoms with van der Waals surface area (Å²) in [6.45, 7) is 3.66. The highest BCUT2D eigenvalue weighted by Crippen LogP contribution is 2.25. The number of hydrogen-bond acceptors (Lipinski definition) is 9. The minimum atomic E-state index is -4.74. The average molecular weight is 524 g/mol. The number of amides is 1. The Kier molecular flexibility index (Phi) is 11.1. The van der Waals surface area contributed by atoms with Gasteiger partial charge in [-0.2, -0.15) is 5.10 Å². The van der Waals surface area contributed by atoms with Gasteiger partial charge in [-0.15, -0.1) is 13.2 Å². The van der Waals surface area contributed by atoms with E-state index in [2.05, 4.69) is 30.4 Å². The highest BCUT2D eigenvalue weighted by atomic mass is 19.4. The fraction of sp³-hybridized carbons (Fsp3) is 0.391. The van der Waals surface area contributed by atoms with Gasteiger partial charge in [-0.3, -0.25) is 9.48 Å². The molecule has 14 heteroatoms. The number of rotatable bonds is 17. The van der Waals surface area contributed by atoms with E-state index in [1.54, 1.807) is 16.9 Å². The van der Waals surface area contributed by atoms with E-state index in [-0.39, 0.29) is 5.75 Å². The lowest BCUT2D eigenvalue weighted by Crippen LogP contribution is -2.19. The van der Waals surface area contributed by atoms with E-state index in [9.17, 15) is 18.0 Å². The molecule has 0 radical (unpaired) electrons. The number of carbonyl (C=O) groups is 1. The molecule has 1 aromatic carbocycles. The summed E-state index contributed by atoms with van der Waals surface area (Å²) in [5.41, 5.74) is 1.93. The van der Waals surface area contributed by atoms with Crippen LogP contribution in [-0.4, -0.2) is 78.7 Å². The van der Waals surface area contributed by atoms with Gasteiger partial charge >= 0.3 is 6.36 Å². The first kappa shape index (κ1) is 27.8. The molecule has 2 heterocycles. The normalized spacial score (nSPS) is 11.3. The van der Waals surface area contributed by atoms with E-state index in [1.807, 2.05) is 6.20 Å². The van der Waals surface area contributed by atoms with Crippen LogP contribution >= 0.6 is 0 Å². The van der Waals surface area contributed by atoms with Crippen LogP contribution in [0, 0.1) is 0 Å². The first-order chi connectivity index (χ1) is 17.9. The van der Waals surface area contributed by atoms with E-state index in [1.165, 1.54) is 30.6 Å². The molecule has 0 fully saturated rings. The average Bonchev–Trinajstić information content (AvgIpc) is 3.34. The van der Waals surface area contributed by atoms with Crippen molar-refractivity contribution in [1.29, 1.82) is 0 Å². The molecule has 0 aliphatic rings. The molecule has 0 saturated heterocycles. The Labute approximate surface area is 210 Å². The number of alkyl halides is 3. The van der Waals surface area contributed by atoms with Gasteiger partial charge in [-0.05, 0) is 24.3 Å². The van der Waals surface area contributed by atoms with E-state index < -0.39 is 6.36 Å². The van der Waals surface area contributed by atoms with Crippen molar-refractivity contribution in [3.63, 3.8) is 0 Å². The van der Waals surface area contributed by atoms with Crippen molar-refractivity contribution in [1.82, 2.24) is 25.1 Å². The largest absolute Gasteiger partial charge is 0.573 e. The van der Waals surface area contributed by atoms with Crippen LogP contribution in [0.1, 0.15) is 0 Å². The molecule has 2 aromatic heterocycles. The van der Waals surface area contributed by atoms with Crippen molar-refractivity contribution in [3.05, 3.63) is 49.1 Å². The molecular formula is C23H27F3N6O5. The summed E-state index contributed by atoms with van der Waals surface area (Å²) in [6, 6.07) is 7.04. The third kappa shape index (κ3) is 10.8. The second-order valence-electron chi connectivity index (χ2n) is 7.39. The highest BCUT2D eigenvalue weighted by Gasteiger charge is 2.30. The minimum Gasteiger partial charge on any atom is -0.406 e. The molecule has 0 spiro atoms. The molecule has 3 rings (SSSR count). The number of hydrogen-bond donors (Lipinski definition) is 2. The number of nitrogens with zero attached hydrogens (tertiary/aromatic N) is 4. The Hall–Kier alpha value is -3.75. The molecule has 1 amide bonds. The predicted octanol–water partition coefficient (Wildman–Crippen LogP) is 2.78. The number of ether oxygens (including phenoxy) is 4. The fourth-order valence-electron chi connectivity index (χ4n) is 2.98. The zero-order valence-corrected chi connectivity index (χ0v) is 19.8. The maximum absolute atomic E-state index is 12.3. The fourth-order valence-corrected chi connectivity index (χ4v) is 2.98. The lowest BCUT2D eigenvalue weighted by atomic mass is 10.2. The summed E-state index contributed by atoms with van der Waals surface area (Å²) in [6.07, 6.45) is 0.761. The first-order valence-electron chi connectivity index (χ1n) is 11.3. The molecule has 0 aliphatic carbocycles. The summed E-state index contributed by atoms with van der Waals surface area (Å²) in [7, 11) is 0. The standard InChI is InChI=1S/C23H27F3N6O5/c24-23(25,26)37-20-3-1-19(2-4-20)31-22-13-21(28-16-29-22)18-14-30-32(15-18)6-8-35-10-12-36-11-9-34-7-5-27-17-33/h1-4,13-17H,5-12H2,(H,27,33)(H,28,29,31). The van der Waals surface area contributed by atoms with Crippen molar-refractivity contribution >= 4 is 17.9 Å². The van der Waals surface area contributed by atoms with Crippen LogP contribution in [0.3, 0.4) is 0 Å². The molecule has 37 heavy (non-hydrogen) atoms. The Morgan fingerprint density at radius 1 is 0.946 bits per heavy atom. The number of aromatic nitrogens is 4. The topological polar surface area (TPSA) is 122 Å². The lowest BCUT2D eigenvalue weighted by molar-refractivity contribution is -0.274. The monoisotopic (exact) mass is 524 g/mol. The number of anilines is 2. The van der Waals surface area contributed by atoms with Crippen molar-refractivity contribution in [3.8, 4) is 17.0 Å². The maximum Gasteiger partial charge on any atom is 0.573 e. The Morgan fingerprint density at radius 3 is 2.35 bits per heavy atom. The third-order valence-corrected chi connectivity index (χ3v) is 4.64. The summed E-state index contributed by atoms with van der Waals surface area (Å²) >= 11 is 0. The predicted molar refractivity (Wildman–Crippen MR) is 126 cm³/mol. The van der Waals surface area contributed by atoms with E-state index in [0.29, 0.717) is 76.3 Å². The van der Waals surface area contributed by atoms with Gasteiger partial charge in [-0.25, -0.2) is 9.97 Å². The van der Waals surface area contributed by atoms with Gasteiger partial charge in [0.05, 0.1) is 58.1 Å². The second-order valence-corrected chi connectivity index (χ2v) is 7.39. The molecular weight excluding hydrogens is 497 g/mol. The molecule has 0 aliphatic heterocycles. The maximum atomic E-state index is 12.3. The zero-order valence-electron chi connectivity index (χ0n) is 19.8. The smallest absolute Gasteiger partial charge is 0.406 e. The third-order valence-electron chi connectivity index (χ3n) is 4.64. The second kappa shape index (κ2) is 14.7. The van der Waals surface area contributed by atoms with Crippen LogP contribution in [0.2, 0.25) is 0 Å². The zero-order chi connectivity index (χ0) is 26.3. The van der Waals surface area contributed by atoms with E-state index >= 15 is 0 Å². The molecule has 0 atom stereocenters. The van der Waals surface area contributed by atoms with Crippen molar-refractivity contribution in [2.75, 3.05) is 51.5 Å². The van der Waals surface area contributed by atoms with Crippen LogP contribution in [0.25, 0.3) is 11.3 Å². The molecule has 2 N–H and O–H groups in total. The first-order valence-corrected chi connectivity index (χ1v) is 11.3. The summed E-state index contributed by atoms with van der Waals surface area (Å²) < 4.78 is 58.7. The number of halogens is 3. The van der Waals surface area contributed by atoms with Crippen LogP contribution in [-0.2, 0) is 25.5 Å². The van der Waals surface area contributed by atoms with Crippen molar-refractivity contribution in [2.45, 2.75) is 12.9 Å². The number of carbonyl (C=O) groups excluding carboxylic acids is 1. The van der Waals surface area contributed by atoms with Gasteiger partial charge in [0, 0.05) is 30.1 Å². The van der Waals surface area contributed by atoms with Gasteiger partial charge in [0.15, 0.2) is 0 Å². The lowest BCUT2D eigenvalue weighted by Gasteiger charge is -2.10. The Bertz CT molecular complexity index is 1080. The van der Waals surface area contributed by atoms with E-state index in [0.717, 1.165) is 5.56 Å². The summed E-state index contributed by atoms with van der Waals surface area (Å²) in [5.74, 6) is 0.157. The van der Waals surface area contributed by atoms with Crippen LogP contribution < -0.4 is 15.4 Å². The summed E-state index contributed by atoms with van der Waals surface area (Å²) in [5, 5.41) is 9.83. The quantitative estimate of drug-likeness (QED) is 0.203. The molecule has 200 valence electrons. The molecule has 0 bridgehead atoms. The highest BCUT2D eigenvalue weighted by molar-refractivity contribution is 5.64. The molecule has 0 unspecified atom stereocenters. The SMILES string of the molecule is O=CNCCOCCOCCOCCn1cc(-c2cc(Nc3ccc(OC(F)(F)F)cc3)ncn2)cn1. The van der Waals surface area contributed by atoms with Crippen LogP contribution in [0.4, 0.5) is 24.7 Å². The van der Waals surface area contributed by atoms with Crippen LogP contribution in [0.15, 0.2) is 49.1 Å². The van der Waals surface area contributed by atoms with Gasteiger partial charge in [0.2, 0.25) is 6.41 Å². The van der Waals surface area contributed by atoms with Gasteiger partial charge in [0.1, 0.15) is 17.9 Å². The van der Waals surface area contributed by atoms with Gasteiger partial charge < -0.3 is 29.6 Å². The van der Waals surface area contributed by atoms with Crippen LogP contribution in [0.5, 0.6) is 5.75 Å². The Morgan fingerprint density at radius 2 is 1.65 bits per heavy atom. The summed E-state index contributed by atoms with van der Waals surface area (Å²) in [4.78, 5) is 18.5. The number of benzene rings is 1. The Balaban J connectivity index is 1.37. The molecule has 11 nitrogen and oxygen atoms in total. The van der Waals surface area contributed by atoms with Crippen molar-refractivity contribution < 1.29 is 36.9 Å². The minimum absolute atomic E-state index is 0.309. The number of nitrogens with one attached hydrogen (secondary N) is 2. The van der Waals surface area contributed by atoms with Gasteiger partial charge in [-0.1, -0.05) is 0 Å². The van der Waals surface area contributed by atoms with Crippen molar-refractivity contribution in [2.24, 2.45) is 0 Å². The van der Waals surface area contributed by atoms with Gasteiger partial charge in [0.25, 0.3) is 0 Å². The van der Waals surface area contributed by atoms with E-state index in [4.69, 9.17) is 14.2 Å². The molecule has 0 saturated carbocycles.